The average molecular weight is 343 g/mol. The van der Waals surface area contributed by atoms with Crippen molar-refractivity contribution in [1.82, 2.24) is 9.88 Å². The van der Waals surface area contributed by atoms with Crippen molar-refractivity contribution in [3.63, 3.8) is 0 Å². The summed E-state index contributed by atoms with van der Waals surface area (Å²) in [6, 6.07) is 5.37. The molecule has 21 heavy (non-hydrogen) atoms. The van der Waals surface area contributed by atoms with Crippen LogP contribution in [0, 0.1) is 0 Å². The third kappa shape index (κ3) is 3.51. The lowest BCUT2D eigenvalue weighted by Gasteiger charge is -2.26. The normalized spacial score (nSPS) is 16.3. The number of H-pyrrole nitrogens is 1. The summed E-state index contributed by atoms with van der Waals surface area (Å²) in [7, 11) is 0. The van der Waals surface area contributed by atoms with Crippen LogP contribution in [0.15, 0.2) is 23.0 Å². The van der Waals surface area contributed by atoms with Gasteiger partial charge < -0.3 is 4.98 Å². The molecule has 0 bridgehead atoms. The number of nitrogens with one attached hydrogen (secondary N) is 1. The summed E-state index contributed by atoms with van der Waals surface area (Å²) in [6.07, 6.45) is 3.77. The molecule has 2 aromatic rings. The van der Waals surface area contributed by atoms with Gasteiger partial charge in [-0.2, -0.15) is 0 Å². The fourth-order valence-corrected chi connectivity index (χ4v) is 4.09. The van der Waals surface area contributed by atoms with Crippen molar-refractivity contribution < 1.29 is 0 Å². The first-order chi connectivity index (χ1) is 10.1. The Labute approximate surface area is 137 Å². The summed E-state index contributed by atoms with van der Waals surface area (Å²) in [5, 5.41) is 1.16. The van der Waals surface area contributed by atoms with Crippen LogP contribution >= 0.6 is 34.5 Å². The molecule has 1 aromatic heterocycles. The molecule has 0 spiro atoms. The van der Waals surface area contributed by atoms with Crippen LogP contribution in [0.2, 0.25) is 10.0 Å². The van der Waals surface area contributed by atoms with Crippen LogP contribution in [-0.2, 0) is 6.54 Å². The Bertz CT molecular complexity index is 689. The van der Waals surface area contributed by atoms with E-state index in [-0.39, 0.29) is 4.87 Å². The zero-order chi connectivity index (χ0) is 14.8. The van der Waals surface area contributed by atoms with E-state index in [2.05, 4.69) is 9.88 Å². The van der Waals surface area contributed by atoms with E-state index in [4.69, 9.17) is 23.2 Å². The summed E-state index contributed by atoms with van der Waals surface area (Å²) >= 11 is 13.5. The van der Waals surface area contributed by atoms with Crippen molar-refractivity contribution in [1.29, 1.82) is 0 Å². The molecule has 1 aromatic carbocycles. The van der Waals surface area contributed by atoms with Crippen LogP contribution in [0.5, 0.6) is 0 Å². The summed E-state index contributed by atoms with van der Waals surface area (Å²) < 4.78 is 0. The van der Waals surface area contributed by atoms with Gasteiger partial charge in [0.05, 0.1) is 10.7 Å². The van der Waals surface area contributed by atoms with E-state index in [0.29, 0.717) is 10.0 Å². The molecule has 1 saturated heterocycles. The first-order valence-corrected chi connectivity index (χ1v) is 8.60. The maximum Gasteiger partial charge on any atom is 0.305 e. The van der Waals surface area contributed by atoms with Gasteiger partial charge in [0.25, 0.3) is 0 Å². The van der Waals surface area contributed by atoms with Crippen LogP contribution in [0.25, 0.3) is 11.3 Å². The minimum absolute atomic E-state index is 0.0389. The number of benzene rings is 1. The van der Waals surface area contributed by atoms with E-state index < -0.39 is 0 Å². The molecule has 3 nitrogen and oxygen atoms in total. The van der Waals surface area contributed by atoms with Gasteiger partial charge in [0, 0.05) is 22.0 Å². The molecular formula is C15H16Cl2N2OS. The van der Waals surface area contributed by atoms with Gasteiger partial charge in [-0.05, 0) is 44.1 Å². The van der Waals surface area contributed by atoms with Crippen molar-refractivity contribution in [2.75, 3.05) is 13.1 Å². The van der Waals surface area contributed by atoms with Gasteiger partial charge in [-0.1, -0.05) is 41.0 Å². The van der Waals surface area contributed by atoms with Crippen molar-refractivity contribution in [3.8, 4) is 11.3 Å². The van der Waals surface area contributed by atoms with Gasteiger partial charge in [-0.15, -0.1) is 0 Å². The third-order valence-electron chi connectivity index (χ3n) is 3.74. The predicted octanol–water partition coefficient (Wildman–Crippen LogP) is 4.40. The van der Waals surface area contributed by atoms with Gasteiger partial charge in [0.15, 0.2) is 0 Å². The molecule has 2 heterocycles. The molecule has 0 atom stereocenters. The van der Waals surface area contributed by atoms with Gasteiger partial charge in [-0.3, -0.25) is 9.69 Å². The standard InChI is InChI=1S/C15H16Cl2N2OS/c16-10-4-5-11(12(17)8-10)14-13(21-15(20)18-14)9-19-6-2-1-3-7-19/h4-5,8H,1-3,6-7,9H2,(H,18,20). The summed E-state index contributed by atoms with van der Waals surface area (Å²) in [5.74, 6) is 0. The Morgan fingerprint density at radius 3 is 2.67 bits per heavy atom. The van der Waals surface area contributed by atoms with Gasteiger partial charge in [0.2, 0.25) is 0 Å². The Hall–Kier alpha value is -0.810. The third-order valence-corrected chi connectivity index (χ3v) is 5.15. The zero-order valence-corrected chi connectivity index (χ0v) is 13.8. The summed E-state index contributed by atoms with van der Waals surface area (Å²) in [6.45, 7) is 3.00. The monoisotopic (exact) mass is 342 g/mol. The fraction of sp³-hybridized carbons (Fsp3) is 0.400. The highest BCUT2D eigenvalue weighted by molar-refractivity contribution is 7.09. The summed E-state index contributed by atoms with van der Waals surface area (Å²) in [5.41, 5.74) is 1.67. The average Bonchev–Trinajstić information content (AvgIpc) is 2.80. The Balaban J connectivity index is 1.93. The highest BCUT2D eigenvalue weighted by atomic mass is 35.5. The number of aromatic nitrogens is 1. The molecule has 0 aliphatic carbocycles. The number of aromatic amines is 1. The molecule has 0 amide bonds. The molecule has 0 radical (unpaired) electrons. The highest BCUT2D eigenvalue weighted by Crippen LogP contribution is 2.32. The van der Waals surface area contributed by atoms with Gasteiger partial charge >= 0.3 is 4.87 Å². The number of rotatable bonds is 3. The molecule has 1 N–H and O–H groups in total. The van der Waals surface area contributed by atoms with Crippen LogP contribution < -0.4 is 4.87 Å². The Morgan fingerprint density at radius 1 is 1.19 bits per heavy atom. The molecule has 112 valence electrons. The van der Waals surface area contributed by atoms with Crippen molar-refractivity contribution in [2.24, 2.45) is 0 Å². The second kappa shape index (κ2) is 6.53. The number of thiazole rings is 1. The lowest BCUT2D eigenvalue weighted by atomic mass is 10.1. The SMILES string of the molecule is O=c1[nH]c(-c2ccc(Cl)cc2Cl)c(CN2CCCCC2)s1. The molecule has 6 heteroatoms. The number of nitrogens with zero attached hydrogens (tertiary/aromatic N) is 1. The highest BCUT2D eigenvalue weighted by Gasteiger charge is 2.17. The first-order valence-electron chi connectivity index (χ1n) is 7.03. The lowest BCUT2D eigenvalue weighted by Crippen LogP contribution is -2.28. The summed E-state index contributed by atoms with van der Waals surface area (Å²) in [4.78, 5) is 18.1. The number of hydrogen-bond donors (Lipinski definition) is 1. The Morgan fingerprint density at radius 2 is 1.95 bits per heavy atom. The van der Waals surface area contributed by atoms with Crippen LogP contribution in [0.3, 0.4) is 0 Å². The second-order valence-corrected chi connectivity index (χ2v) is 7.19. The Kier molecular flexibility index (Phi) is 4.69. The van der Waals surface area contributed by atoms with Gasteiger partial charge in [-0.25, -0.2) is 0 Å². The van der Waals surface area contributed by atoms with Gasteiger partial charge in [0.1, 0.15) is 0 Å². The van der Waals surface area contributed by atoms with Crippen LogP contribution in [0.4, 0.5) is 0 Å². The molecule has 1 aliphatic rings. The zero-order valence-electron chi connectivity index (χ0n) is 11.5. The van der Waals surface area contributed by atoms with E-state index in [1.54, 1.807) is 12.1 Å². The molecule has 0 unspecified atom stereocenters. The molecular weight excluding hydrogens is 327 g/mol. The number of halogens is 2. The quantitative estimate of drug-likeness (QED) is 0.897. The number of hydrogen-bond acceptors (Lipinski definition) is 3. The van der Waals surface area contributed by atoms with E-state index in [0.717, 1.165) is 35.8 Å². The van der Waals surface area contributed by atoms with Crippen molar-refractivity contribution in [2.45, 2.75) is 25.8 Å². The van der Waals surface area contributed by atoms with Crippen molar-refractivity contribution in [3.05, 3.63) is 42.8 Å². The molecule has 1 fully saturated rings. The largest absolute Gasteiger partial charge is 0.312 e. The molecule has 0 saturated carbocycles. The topological polar surface area (TPSA) is 36.1 Å². The maximum atomic E-state index is 11.8. The second-order valence-electron chi connectivity index (χ2n) is 5.27. The fourth-order valence-electron chi connectivity index (χ4n) is 2.70. The number of piperidine rings is 1. The van der Waals surface area contributed by atoms with Crippen LogP contribution in [-0.4, -0.2) is 23.0 Å². The van der Waals surface area contributed by atoms with Crippen molar-refractivity contribution >= 4 is 34.5 Å². The first kappa shape index (κ1) is 15.1. The smallest absolute Gasteiger partial charge is 0.305 e. The molecule has 1 aliphatic heterocycles. The van der Waals surface area contributed by atoms with E-state index in [1.165, 1.54) is 30.6 Å². The molecule has 3 rings (SSSR count). The maximum absolute atomic E-state index is 11.8. The predicted molar refractivity (Wildman–Crippen MR) is 89.5 cm³/mol. The van der Waals surface area contributed by atoms with Crippen LogP contribution in [0.1, 0.15) is 24.1 Å². The minimum atomic E-state index is -0.0389. The van der Waals surface area contributed by atoms with E-state index in [1.807, 2.05) is 6.07 Å². The lowest BCUT2D eigenvalue weighted by molar-refractivity contribution is 0.223. The van der Waals surface area contributed by atoms with E-state index >= 15 is 0 Å². The minimum Gasteiger partial charge on any atom is -0.312 e. The number of likely N-dealkylation sites (tertiary alicyclic amines) is 1. The van der Waals surface area contributed by atoms with E-state index in [9.17, 15) is 4.79 Å².